The van der Waals surface area contributed by atoms with E-state index in [0.717, 1.165) is 31.3 Å². The first-order valence-electron chi connectivity index (χ1n) is 4.62. The number of oxazole rings is 1. The molecule has 0 radical (unpaired) electrons. The summed E-state index contributed by atoms with van der Waals surface area (Å²) in [4.78, 5) is 4.15. The monoisotopic (exact) mass is 182 g/mol. The molecule has 13 heavy (non-hydrogen) atoms. The van der Waals surface area contributed by atoms with Crippen molar-refractivity contribution in [3.63, 3.8) is 0 Å². The summed E-state index contributed by atoms with van der Waals surface area (Å²) in [6.45, 7) is 2.18. The van der Waals surface area contributed by atoms with Gasteiger partial charge in [-0.3, -0.25) is 0 Å². The fraction of sp³-hybridized carbons (Fsp3) is 0.667. The predicted octanol–water partition coefficient (Wildman–Crippen LogP) is 0.680. The lowest BCUT2D eigenvalue weighted by Crippen LogP contribution is -2.02. The molecule has 1 aliphatic rings. The van der Waals surface area contributed by atoms with E-state index in [4.69, 9.17) is 14.9 Å². The zero-order chi connectivity index (χ0) is 9.10. The van der Waals surface area contributed by atoms with Gasteiger partial charge in [0.25, 0.3) is 0 Å². The summed E-state index contributed by atoms with van der Waals surface area (Å²) in [5.74, 6) is 2.09. The highest BCUT2D eigenvalue weighted by Gasteiger charge is 2.21. The van der Waals surface area contributed by atoms with E-state index in [-0.39, 0.29) is 0 Å². The van der Waals surface area contributed by atoms with E-state index in [0.29, 0.717) is 18.9 Å². The van der Waals surface area contributed by atoms with Gasteiger partial charge in [0, 0.05) is 25.5 Å². The number of nitrogens with two attached hydrogens (primary N) is 1. The van der Waals surface area contributed by atoms with Gasteiger partial charge >= 0.3 is 0 Å². The normalized spacial score (nSPS) is 22.4. The molecule has 1 fully saturated rings. The molecule has 1 saturated heterocycles. The number of hydrogen-bond acceptors (Lipinski definition) is 4. The van der Waals surface area contributed by atoms with E-state index in [1.807, 2.05) is 0 Å². The molecule has 4 nitrogen and oxygen atoms in total. The lowest BCUT2D eigenvalue weighted by atomic mass is 10.1. The molecule has 4 heteroatoms. The molecule has 0 amide bonds. The molecule has 0 aliphatic carbocycles. The van der Waals surface area contributed by atoms with E-state index in [1.54, 1.807) is 6.20 Å². The SMILES string of the molecule is NCCc1ncc(C2CCOC2)o1. The van der Waals surface area contributed by atoms with Gasteiger partial charge in [0.2, 0.25) is 0 Å². The van der Waals surface area contributed by atoms with E-state index >= 15 is 0 Å². The maximum absolute atomic E-state index is 5.54. The van der Waals surface area contributed by atoms with Crippen LogP contribution in [0.5, 0.6) is 0 Å². The first-order valence-corrected chi connectivity index (χ1v) is 4.62. The zero-order valence-corrected chi connectivity index (χ0v) is 7.53. The molecule has 2 rings (SSSR count). The number of hydrogen-bond donors (Lipinski definition) is 1. The van der Waals surface area contributed by atoms with Crippen LogP contribution in [-0.2, 0) is 11.2 Å². The zero-order valence-electron chi connectivity index (χ0n) is 7.53. The summed E-state index contributed by atoms with van der Waals surface area (Å²) in [6.07, 6.45) is 3.55. The first-order chi connectivity index (χ1) is 6.40. The lowest BCUT2D eigenvalue weighted by molar-refractivity contribution is 0.191. The summed E-state index contributed by atoms with van der Waals surface area (Å²) < 4.78 is 10.8. The quantitative estimate of drug-likeness (QED) is 0.746. The average molecular weight is 182 g/mol. The lowest BCUT2D eigenvalue weighted by Gasteiger charge is -2.00. The van der Waals surface area contributed by atoms with Crippen LogP contribution in [0.15, 0.2) is 10.6 Å². The largest absolute Gasteiger partial charge is 0.445 e. The van der Waals surface area contributed by atoms with Gasteiger partial charge in [0.05, 0.1) is 12.8 Å². The minimum Gasteiger partial charge on any atom is -0.445 e. The molecule has 0 bridgehead atoms. The van der Waals surface area contributed by atoms with Crippen molar-refractivity contribution in [2.45, 2.75) is 18.8 Å². The van der Waals surface area contributed by atoms with Crippen molar-refractivity contribution < 1.29 is 9.15 Å². The molecule has 0 saturated carbocycles. The summed E-state index contributed by atoms with van der Waals surface area (Å²) in [5, 5.41) is 0. The number of ether oxygens (including phenoxy) is 1. The highest BCUT2D eigenvalue weighted by atomic mass is 16.5. The van der Waals surface area contributed by atoms with Crippen LogP contribution in [0.4, 0.5) is 0 Å². The van der Waals surface area contributed by atoms with Gasteiger partial charge in [0.1, 0.15) is 5.76 Å². The molecule has 2 N–H and O–H groups in total. The third-order valence-electron chi connectivity index (χ3n) is 2.26. The summed E-state index contributed by atoms with van der Waals surface area (Å²) in [6, 6.07) is 0. The van der Waals surface area contributed by atoms with Crippen molar-refractivity contribution in [1.82, 2.24) is 4.98 Å². The van der Waals surface area contributed by atoms with Gasteiger partial charge in [-0.1, -0.05) is 0 Å². The second kappa shape index (κ2) is 3.89. The van der Waals surface area contributed by atoms with Crippen LogP contribution >= 0.6 is 0 Å². The Balaban J connectivity index is 2.03. The third kappa shape index (κ3) is 1.89. The van der Waals surface area contributed by atoms with Crippen molar-refractivity contribution in [2.75, 3.05) is 19.8 Å². The van der Waals surface area contributed by atoms with E-state index < -0.39 is 0 Å². The van der Waals surface area contributed by atoms with Crippen LogP contribution in [0, 0.1) is 0 Å². The number of nitrogens with zero attached hydrogens (tertiary/aromatic N) is 1. The van der Waals surface area contributed by atoms with Crippen LogP contribution in [-0.4, -0.2) is 24.7 Å². The van der Waals surface area contributed by atoms with Crippen molar-refractivity contribution in [3.8, 4) is 0 Å². The number of aromatic nitrogens is 1. The first kappa shape index (κ1) is 8.72. The van der Waals surface area contributed by atoms with E-state index in [1.165, 1.54) is 0 Å². The molecule has 1 unspecified atom stereocenters. The van der Waals surface area contributed by atoms with Gasteiger partial charge in [-0.2, -0.15) is 0 Å². The smallest absolute Gasteiger partial charge is 0.195 e. The fourth-order valence-corrected chi connectivity index (χ4v) is 1.51. The van der Waals surface area contributed by atoms with Gasteiger partial charge in [-0.15, -0.1) is 0 Å². The van der Waals surface area contributed by atoms with Crippen LogP contribution in [0.3, 0.4) is 0 Å². The highest BCUT2D eigenvalue weighted by molar-refractivity contribution is 5.03. The molecule has 72 valence electrons. The molecule has 0 aromatic carbocycles. The van der Waals surface area contributed by atoms with Gasteiger partial charge in [-0.05, 0) is 6.42 Å². The van der Waals surface area contributed by atoms with Crippen molar-refractivity contribution >= 4 is 0 Å². The maximum atomic E-state index is 5.54. The van der Waals surface area contributed by atoms with Crippen LogP contribution < -0.4 is 5.73 Å². The van der Waals surface area contributed by atoms with Gasteiger partial charge in [0.15, 0.2) is 5.89 Å². The van der Waals surface area contributed by atoms with Crippen LogP contribution in [0.25, 0.3) is 0 Å². The molecular formula is C9H14N2O2. The van der Waals surface area contributed by atoms with E-state index in [2.05, 4.69) is 4.98 Å². The molecule has 1 atom stereocenters. The molecule has 0 spiro atoms. The second-order valence-electron chi connectivity index (χ2n) is 3.26. The maximum Gasteiger partial charge on any atom is 0.195 e. The topological polar surface area (TPSA) is 61.3 Å². The molecule has 1 aromatic heterocycles. The minimum absolute atomic E-state index is 0.402. The van der Waals surface area contributed by atoms with Gasteiger partial charge in [-0.25, -0.2) is 4.98 Å². The van der Waals surface area contributed by atoms with E-state index in [9.17, 15) is 0 Å². The van der Waals surface area contributed by atoms with Crippen LogP contribution in [0.2, 0.25) is 0 Å². The Hall–Kier alpha value is -0.870. The standard InChI is InChI=1S/C9H14N2O2/c10-3-1-9-11-5-8(13-9)7-2-4-12-6-7/h5,7H,1-4,6,10H2. The Morgan fingerprint density at radius 2 is 2.54 bits per heavy atom. The highest BCUT2D eigenvalue weighted by Crippen LogP contribution is 2.25. The molecule has 1 aliphatic heterocycles. The minimum atomic E-state index is 0.402. The Morgan fingerprint density at radius 1 is 1.62 bits per heavy atom. The third-order valence-corrected chi connectivity index (χ3v) is 2.26. The van der Waals surface area contributed by atoms with Crippen molar-refractivity contribution in [2.24, 2.45) is 5.73 Å². The Kier molecular flexibility index (Phi) is 2.61. The number of rotatable bonds is 3. The Labute approximate surface area is 77.1 Å². The summed E-state index contributed by atoms with van der Waals surface area (Å²) in [7, 11) is 0. The Bertz CT molecular complexity index is 266. The van der Waals surface area contributed by atoms with Gasteiger partial charge < -0.3 is 14.9 Å². The summed E-state index contributed by atoms with van der Waals surface area (Å²) >= 11 is 0. The molecular weight excluding hydrogens is 168 g/mol. The Morgan fingerprint density at radius 3 is 3.23 bits per heavy atom. The van der Waals surface area contributed by atoms with Crippen molar-refractivity contribution in [3.05, 3.63) is 17.8 Å². The second-order valence-corrected chi connectivity index (χ2v) is 3.26. The van der Waals surface area contributed by atoms with Crippen molar-refractivity contribution in [1.29, 1.82) is 0 Å². The molecule has 2 heterocycles. The summed E-state index contributed by atoms with van der Waals surface area (Å²) in [5.41, 5.74) is 5.40. The predicted molar refractivity (Wildman–Crippen MR) is 47.4 cm³/mol. The molecule has 1 aromatic rings. The average Bonchev–Trinajstić information content (AvgIpc) is 2.70. The van der Waals surface area contributed by atoms with Crippen LogP contribution in [0.1, 0.15) is 24.0 Å². The fourth-order valence-electron chi connectivity index (χ4n) is 1.51.